The fourth-order valence-electron chi connectivity index (χ4n) is 3.43. The minimum atomic E-state index is -0.447. The fraction of sp³-hybridized carbons (Fsp3) is 0.300. The highest BCUT2D eigenvalue weighted by Crippen LogP contribution is 2.33. The van der Waals surface area contributed by atoms with E-state index in [0.29, 0.717) is 31.2 Å². The number of aliphatic hydroxyl groups is 1. The first-order valence-electron chi connectivity index (χ1n) is 9.11. The summed E-state index contributed by atoms with van der Waals surface area (Å²) in [6.07, 6.45) is 3.47. The van der Waals surface area contributed by atoms with E-state index < -0.39 is 6.10 Å². The number of nitrogens with one attached hydrogen (secondary N) is 1. The van der Waals surface area contributed by atoms with Gasteiger partial charge in [0.05, 0.1) is 12.1 Å². The van der Waals surface area contributed by atoms with Gasteiger partial charge in [0.1, 0.15) is 0 Å². The minimum absolute atomic E-state index is 0.101. The molecule has 8 heteroatoms. The lowest BCUT2D eigenvalue weighted by atomic mass is 10.1. The summed E-state index contributed by atoms with van der Waals surface area (Å²) in [4.78, 5) is 21.9. The van der Waals surface area contributed by atoms with Crippen molar-refractivity contribution in [2.45, 2.75) is 32.0 Å². The first-order valence-corrected chi connectivity index (χ1v) is 9.11. The topological polar surface area (TPSA) is 104 Å². The summed E-state index contributed by atoms with van der Waals surface area (Å²) in [5, 5.41) is 17.0. The first-order chi connectivity index (χ1) is 13.6. The lowest BCUT2D eigenvalue weighted by Gasteiger charge is -2.21. The zero-order valence-corrected chi connectivity index (χ0v) is 15.4. The maximum atomic E-state index is 11.1. The monoisotopic (exact) mass is 379 g/mol. The molecule has 0 spiro atoms. The third-order valence-corrected chi connectivity index (χ3v) is 4.69. The van der Waals surface area contributed by atoms with Gasteiger partial charge in [-0.1, -0.05) is 17.3 Å². The third kappa shape index (κ3) is 4.08. The van der Waals surface area contributed by atoms with Gasteiger partial charge in [0.15, 0.2) is 0 Å². The summed E-state index contributed by atoms with van der Waals surface area (Å²) in [5.74, 6) is 0.880. The molecule has 2 aromatic heterocycles. The van der Waals surface area contributed by atoms with Gasteiger partial charge in [0, 0.05) is 43.7 Å². The van der Waals surface area contributed by atoms with Gasteiger partial charge in [-0.15, -0.1) is 0 Å². The normalized spacial score (nSPS) is 19.6. The fourth-order valence-corrected chi connectivity index (χ4v) is 3.43. The molecule has 0 radical (unpaired) electrons. The van der Waals surface area contributed by atoms with Gasteiger partial charge in [0.25, 0.3) is 0 Å². The van der Waals surface area contributed by atoms with Crippen LogP contribution < -0.4 is 5.32 Å². The average Bonchev–Trinajstić information content (AvgIpc) is 3.30. The van der Waals surface area contributed by atoms with Gasteiger partial charge in [-0.3, -0.25) is 14.7 Å². The Bertz CT molecular complexity index is 942. The summed E-state index contributed by atoms with van der Waals surface area (Å²) in [5.41, 5.74) is 2.61. The number of aliphatic hydroxyl groups excluding tert-OH is 1. The van der Waals surface area contributed by atoms with Gasteiger partial charge >= 0.3 is 0 Å². The van der Waals surface area contributed by atoms with Crippen molar-refractivity contribution in [1.82, 2.24) is 20.0 Å². The van der Waals surface area contributed by atoms with E-state index in [2.05, 4.69) is 25.3 Å². The Kier molecular flexibility index (Phi) is 5.14. The van der Waals surface area contributed by atoms with Gasteiger partial charge in [0.2, 0.25) is 17.6 Å². The zero-order valence-electron chi connectivity index (χ0n) is 15.4. The molecule has 2 N–H and O–H groups in total. The van der Waals surface area contributed by atoms with E-state index in [4.69, 9.17) is 4.52 Å². The Morgan fingerprint density at radius 1 is 1.32 bits per heavy atom. The molecule has 8 nitrogen and oxygen atoms in total. The molecule has 0 saturated carbocycles. The van der Waals surface area contributed by atoms with E-state index in [1.165, 1.54) is 6.92 Å². The van der Waals surface area contributed by atoms with Crippen LogP contribution in [0, 0.1) is 0 Å². The lowest BCUT2D eigenvalue weighted by molar-refractivity contribution is -0.114. The van der Waals surface area contributed by atoms with Crippen LogP contribution in [-0.2, 0) is 11.3 Å². The van der Waals surface area contributed by atoms with Crippen molar-refractivity contribution in [3.63, 3.8) is 0 Å². The molecular formula is C20H21N5O3. The number of aromatic nitrogens is 3. The highest BCUT2D eigenvalue weighted by atomic mass is 16.5. The molecular weight excluding hydrogens is 358 g/mol. The van der Waals surface area contributed by atoms with Crippen molar-refractivity contribution in [2.75, 3.05) is 11.9 Å². The van der Waals surface area contributed by atoms with Crippen LogP contribution in [0.3, 0.4) is 0 Å². The number of pyridine rings is 1. The van der Waals surface area contributed by atoms with E-state index >= 15 is 0 Å². The number of carbonyl (C=O) groups excluding carboxylic acids is 1. The van der Waals surface area contributed by atoms with Crippen LogP contribution in [-0.4, -0.2) is 43.7 Å². The molecule has 3 heterocycles. The smallest absolute Gasteiger partial charge is 0.244 e. The lowest BCUT2D eigenvalue weighted by Crippen LogP contribution is -2.24. The molecule has 1 aliphatic heterocycles. The molecule has 0 bridgehead atoms. The number of hydrogen-bond acceptors (Lipinski definition) is 7. The second-order valence-electron chi connectivity index (χ2n) is 6.91. The summed E-state index contributed by atoms with van der Waals surface area (Å²) >= 11 is 0. The van der Waals surface area contributed by atoms with Crippen LogP contribution in [0.4, 0.5) is 5.69 Å². The molecule has 1 aromatic carbocycles. The second kappa shape index (κ2) is 7.87. The van der Waals surface area contributed by atoms with Gasteiger partial charge < -0.3 is 14.9 Å². The van der Waals surface area contributed by atoms with Crippen LogP contribution in [0.15, 0.2) is 53.3 Å². The molecule has 3 aromatic rings. The molecule has 0 aliphatic carbocycles. The molecule has 2 atom stereocenters. The summed E-state index contributed by atoms with van der Waals surface area (Å²) in [6.45, 7) is 2.64. The number of benzene rings is 1. The van der Waals surface area contributed by atoms with Crippen LogP contribution in [0.25, 0.3) is 11.4 Å². The number of carbonyl (C=O) groups is 1. The standard InChI is InChI=1S/C20H21N5O3/c1-13(26)22-16-6-4-14(5-7-16)11-25-12-17(27)9-18(25)20-23-19(24-28-20)15-3-2-8-21-10-15/h2-8,10,17-18,27H,9,11-12H2,1H3,(H,22,26)/t17-,18+/m1/s1. The van der Waals surface area contributed by atoms with Gasteiger partial charge in [-0.05, 0) is 36.2 Å². The highest BCUT2D eigenvalue weighted by molar-refractivity contribution is 5.88. The number of amides is 1. The largest absolute Gasteiger partial charge is 0.392 e. The predicted molar refractivity (Wildman–Crippen MR) is 102 cm³/mol. The first kappa shape index (κ1) is 18.3. The van der Waals surface area contributed by atoms with Crippen molar-refractivity contribution < 1.29 is 14.4 Å². The van der Waals surface area contributed by atoms with E-state index in [-0.39, 0.29) is 11.9 Å². The number of hydrogen-bond donors (Lipinski definition) is 2. The van der Waals surface area contributed by atoms with E-state index in [1.54, 1.807) is 12.4 Å². The van der Waals surface area contributed by atoms with Gasteiger partial charge in [-0.2, -0.15) is 4.98 Å². The van der Waals surface area contributed by atoms with E-state index in [0.717, 1.165) is 16.8 Å². The average molecular weight is 379 g/mol. The van der Waals surface area contributed by atoms with Crippen LogP contribution in [0.2, 0.25) is 0 Å². The van der Waals surface area contributed by atoms with Crippen molar-refractivity contribution in [3.05, 3.63) is 60.2 Å². The molecule has 1 fully saturated rings. The Morgan fingerprint density at radius 3 is 2.86 bits per heavy atom. The molecule has 1 saturated heterocycles. The number of nitrogens with zero attached hydrogens (tertiary/aromatic N) is 4. The molecule has 144 valence electrons. The van der Waals surface area contributed by atoms with Crippen molar-refractivity contribution in [3.8, 4) is 11.4 Å². The Morgan fingerprint density at radius 2 is 2.14 bits per heavy atom. The minimum Gasteiger partial charge on any atom is -0.392 e. The zero-order chi connectivity index (χ0) is 19.5. The van der Waals surface area contributed by atoms with Crippen LogP contribution >= 0.6 is 0 Å². The summed E-state index contributed by atoms with van der Waals surface area (Å²) < 4.78 is 5.49. The number of rotatable bonds is 5. The van der Waals surface area contributed by atoms with Crippen molar-refractivity contribution >= 4 is 11.6 Å². The van der Waals surface area contributed by atoms with Crippen molar-refractivity contribution in [1.29, 1.82) is 0 Å². The number of likely N-dealkylation sites (tertiary alicyclic amines) is 1. The SMILES string of the molecule is CC(=O)Nc1ccc(CN2C[C@H](O)C[C@H]2c2nc(-c3cccnc3)no2)cc1. The Hall–Kier alpha value is -3.10. The van der Waals surface area contributed by atoms with Crippen LogP contribution in [0.5, 0.6) is 0 Å². The quantitative estimate of drug-likeness (QED) is 0.701. The van der Waals surface area contributed by atoms with Crippen LogP contribution in [0.1, 0.15) is 30.8 Å². The number of β-amino-alcohol motifs (C(OH)–C–C–N with tert-alkyl or cyclic N) is 1. The Labute approximate surface area is 162 Å². The third-order valence-electron chi connectivity index (χ3n) is 4.69. The van der Waals surface area contributed by atoms with E-state index in [9.17, 15) is 9.90 Å². The molecule has 0 unspecified atom stereocenters. The summed E-state index contributed by atoms with van der Waals surface area (Å²) in [6, 6.07) is 11.2. The Balaban J connectivity index is 1.50. The maximum Gasteiger partial charge on any atom is 0.244 e. The predicted octanol–water partition coefficient (Wildman–Crippen LogP) is 2.40. The van der Waals surface area contributed by atoms with Gasteiger partial charge in [-0.25, -0.2) is 0 Å². The van der Waals surface area contributed by atoms with E-state index in [1.807, 2.05) is 36.4 Å². The van der Waals surface area contributed by atoms with Crippen molar-refractivity contribution in [2.24, 2.45) is 0 Å². The molecule has 1 amide bonds. The molecule has 4 rings (SSSR count). The molecule has 1 aliphatic rings. The second-order valence-corrected chi connectivity index (χ2v) is 6.91. The maximum absolute atomic E-state index is 11.1. The number of anilines is 1. The highest BCUT2D eigenvalue weighted by Gasteiger charge is 2.35. The molecule has 28 heavy (non-hydrogen) atoms. The summed E-state index contributed by atoms with van der Waals surface area (Å²) in [7, 11) is 0.